The molecule has 0 saturated carbocycles. The molecule has 0 amide bonds. The second-order valence-corrected chi connectivity index (χ2v) is 3.24. The minimum Gasteiger partial charge on any atom is -0.477 e. The average molecular weight is 207 g/mol. The third-order valence-electron chi connectivity index (χ3n) is 1.58. The highest BCUT2D eigenvalue weighted by atomic mass is 32.1. The highest BCUT2D eigenvalue weighted by Gasteiger charge is 2.46. The largest absolute Gasteiger partial charge is 0.477 e. The number of carbonyl (C=O) groups is 1. The van der Waals surface area contributed by atoms with Gasteiger partial charge in [-0.25, -0.2) is 4.79 Å². The van der Waals surface area contributed by atoms with E-state index in [2.05, 4.69) is 0 Å². The first kappa shape index (κ1) is 10.1. The van der Waals surface area contributed by atoms with Crippen molar-refractivity contribution < 1.29 is 18.7 Å². The van der Waals surface area contributed by atoms with Crippen LogP contribution in [-0.2, 0) is 4.79 Å². The van der Waals surface area contributed by atoms with Crippen LogP contribution in [0.2, 0.25) is 0 Å². The van der Waals surface area contributed by atoms with Gasteiger partial charge in [0.15, 0.2) is 0 Å². The maximum Gasteiger partial charge on any atom is 0.376 e. The van der Waals surface area contributed by atoms with Crippen LogP contribution >= 0.6 is 11.3 Å². The molecule has 0 aliphatic carbocycles. The van der Waals surface area contributed by atoms with E-state index in [0.717, 1.165) is 0 Å². The number of hydrogen-bond acceptors (Lipinski definition) is 3. The zero-order chi connectivity index (χ0) is 10.1. The van der Waals surface area contributed by atoms with Crippen molar-refractivity contribution in [3.05, 3.63) is 22.4 Å². The molecule has 0 saturated heterocycles. The van der Waals surface area contributed by atoms with Crippen molar-refractivity contribution in [1.29, 1.82) is 0 Å². The standard InChI is InChI=1S/C7H7F2NO2S/c8-7(9,6(11)12)5(10)4-1-2-13-3-4/h1-3,5H,10H2,(H,11,12)/t5-/m1/s1. The van der Waals surface area contributed by atoms with Crippen LogP contribution in [0.15, 0.2) is 16.8 Å². The molecule has 3 nitrogen and oxygen atoms in total. The SMILES string of the molecule is N[C@H](c1ccsc1)C(F)(F)C(=O)O. The zero-order valence-electron chi connectivity index (χ0n) is 6.41. The van der Waals surface area contributed by atoms with Gasteiger partial charge < -0.3 is 10.8 Å². The van der Waals surface area contributed by atoms with Gasteiger partial charge in [0.2, 0.25) is 0 Å². The maximum atomic E-state index is 12.8. The van der Waals surface area contributed by atoms with Gasteiger partial charge >= 0.3 is 11.9 Å². The summed E-state index contributed by atoms with van der Waals surface area (Å²) in [6.07, 6.45) is 0. The quantitative estimate of drug-likeness (QED) is 0.788. The van der Waals surface area contributed by atoms with Crippen LogP contribution < -0.4 is 5.73 Å². The number of thiophene rings is 1. The molecule has 6 heteroatoms. The van der Waals surface area contributed by atoms with E-state index in [9.17, 15) is 13.6 Å². The van der Waals surface area contributed by atoms with Crippen molar-refractivity contribution >= 4 is 17.3 Å². The van der Waals surface area contributed by atoms with Gasteiger partial charge in [-0.2, -0.15) is 20.1 Å². The minimum atomic E-state index is -3.92. The second kappa shape index (κ2) is 3.39. The van der Waals surface area contributed by atoms with Gasteiger partial charge in [-0.1, -0.05) is 0 Å². The molecule has 0 spiro atoms. The molecule has 1 rings (SSSR count). The van der Waals surface area contributed by atoms with Gasteiger partial charge in [0.25, 0.3) is 0 Å². The summed E-state index contributed by atoms with van der Waals surface area (Å²) in [6, 6.07) is -0.400. The molecule has 0 aliphatic heterocycles. The van der Waals surface area contributed by atoms with Crippen LogP contribution in [0.1, 0.15) is 11.6 Å². The van der Waals surface area contributed by atoms with Crippen LogP contribution in [-0.4, -0.2) is 17.0 Å². The van der Waals surface area contributed by atoms with Crippen molar-refractivity contribution in [2.24, 2.45) is 5.73 Å². The van der Waals surface area contributed by atoms with E-state index >= 15 is 0 Å². The van der Waals surface area contributed by atoms with Crippen molar-refractivity contribution in [2.75, 3.05) is 0 Å². The molecule has 0 aliphatic rings. The lowest BCUT2D eigenvalue weighted by Crippen LogP contribution is -2.40. The Bertz CT molecular complexity index is 299. The maximum absolute atomic E-state index is 12.8. The lowest BCUT2D eigenvalue weighted by Gasteiger charge is -2.17. The summed E-state index contributed by atoms with van der Waals surface area (Å²) in [6.45, 7) is 0. The van der Waals surface area contributed by atoms with E-state index in [4.69, 9.17) is 10.8 Å². The molecular formula is C7H7F2NO2S. The van der Waals surface area contributed by atoms with Gasteiger partial charge in [0.1, 0.15) is 6.04 Å². The zero-order valence-corrected chi connectivity index (χ0v) is 7.22. The molecule has 1 aromatic rings. The Balaban J connectivity index is 2.90. The fourth-order valence-corrected chi connectivity index (χ4v) is 1.49. The van der Waals surface area contributed by atoms with Crippen LogP contribution in [0.5, 0.6) is 0 Å². The first-order valence-corrected chi connectivity index (χ1v) is 4.29. The summed E-state index contributed by atoms with van der Waals surface area (Å²) in [7, 11) is 0. The number of hydrogen-bond donors (Lipinski definition) is 2. The predicted molar refractivity (Wildman–Crippen MR) is 43.8 cm³/mol. The molecule has 1 atom stereocenters. The fourth-order valence-electron chi connectivity index (χ4n) is 0.794. The lowest BCUT2D eigenvalue weighted by molar-refractivity contribution is -0.168. The average Bonchev–Trinajstić information content (AvgIpc) is 2.54. The van der Waals surface area contributed by atoms with Crippen LogP contribution in [0.4, 0.5) is 8.78 Å². The summed E-state index contributed by atoms with van der Waals surface area (Å²) < 4.78 is 25.6. The Morgan fingerprint density at radius 1 is 1.69 bits per heavy atom. The van der Waals surface area contributed by atoms with Crippen LogP contribution in [0.25, 0.3) is 0 Å². The van der Waals surface area contributed by atoms with Gasteiger partial charge in [0, 0.05) is 0 Å². The van der Waals surface area contributed by atoms with Crippen molar-refractivity contribution in [3.63, 3.8) is 0 Å². The lowest BCUT2D eigenvalue weighted by atomic mass is 10.1. The second-order valence-electron chi connectivity index (χ2n) is 2.46. The number of alkyl halides is 2. The van der Waals surface area contributed by atoms with Crippen LogP contribution in [0.3, 0.4) is 0 Å². The first-order valence-electron chi connectivity index (χ1n) is 3.35. The van der Waals surface area contributed by atoms with Crippen molar-refractivity contribution in [3.8, 4) is 0 Å². The van der Waals surface area contributed by atoms with Gasteiger partial charge in [-0.15, -0.1) is 0 Å². The molecule has 3 N–H and O–H groups in total. The molecule has 72 valence electrons. The Labute approximate surface area is 76.8 Å². The van der Waals surface area contributed by atoms with E-state index < -0.39 is 17.9 Å². The van der Waals surface area contributed by atoms with Gasteiger partial charge in [-0.3, -0.25) is 0 Å². The third-order valence-corrected chi connectivity index (χ3v) is 2.28. The molecule has 1 aromatic heterocycles. The van der Waals surface area contributed by atoms with E-state index in [1.165, 1.54) is 22.8 Å². The van der Waals surface area contributed by atoms with Gasteiger partial charge in [0.05, 0.1) is 0 Å². The predicted octanol–water partition coefficient (Wildman–Crippen LogP) is 1.47. The Morgan fingerprint density at radius 2 is 2.31 bits per heavy atom. The van der Waals surface area contributed by atoms with Crippen molar-refractivity contribution in [1.82, 2.24) is 0 Å². The van der Waals surface area contributed by atoms with E-state index in [1.54, 1.807) is 5.38 Å². The Morgan fingerprint density at radius 3 is 2.69 bits per heavy atom. The number of rotatable bonds is 3. The number of carboxylic acids is 1. The summed E-state index contributed by atoms with van der Waals surface area (Å²) in [5.41, 5.74) is 5.23. The number of aliphatic carboxylic acids is 1. The van der Waals surface area contributed by atoms with E-state index in [1.807, 2.05) is 0 Å². The van der Waals surface area contributed by atoms with Crippen LogP contribution in [0, 0.1) is 0 Å². The Hall–Kier alpha value is -1.01. The highest BCUT2D eigenvalue weighted by Crippen LogP contribution is 2.30. The molecule has 0 fully saturated rings. The third kappa shape index (κ3) is 1.84. The van der Waals surface area contributed by atoms with E-state index in [0.29, 0.717) is 0 Å². The summed E-state index contributed by atoms with van der Waals surface area (Å²) in [4.78, 5) is 10.1. The topological polar surface area (TPSA) is 63.3 Å². The summed E-state index contributed by atoms with van der Waals surface area (Å²) in [5, 5.41) is 11.2. The number of nitrogens with two attached hydrogens (primary N) is 1. The number of carboxylic acid groups (broad SMARTS) is 1. The summed E-state index contributed by atoms with van der Waals surface area (Å²) in [5.74, 6) is -6.12. The molecule has 1 heterocycles. The molecule has 0 radical (unpaired) electrons. The Kier molecular flexibility index (Phi) is 2.63. The van der Waals surface area contributed by atoms with Crippen molar-refractivity contribution in [2.45, 2.75) is 12.0 Å². The molecule has 0 aromatic carbocycles. The first-order chi connectivity index (χ1) is 5.96. The number of halogens is 2. The fraction of sp³-hybridized carbons (Fsp3) is 0.286. The molecule has 0 unspecified atom stereocenters. The highest BCUT2D eigenvalue weighted by molar-refractivity contribution is 7.07. The minimum absolute atomic E-state index is 0.136. The van der Waals surface area contributed by atoms with E-state index in [-0.39, 0.29) is 5.56 Å². The van der Waals surface area contributed by atoms with Gasteiger partial charge in [-0.05, 0) is 22.4 Å². The molecule has 0 bridgehead atoms. The normalized spacial score (nSPS) is 14.1. The smallest absolute Gasteiger partial charge is 0.376 e. The molecule has 13 heavy (non-hydrogen) atoms. The molecular weight excluding hydrogens is 200 g/mol. The summed E-state index contributed by atoms with van der Waals surface area (Å²) >= 11 is 1.19. The monoisotopic (exact) mass is 207 g/mol.